The summed E-state index contributed by atoms with van der Waals surface area (Å²) in [6, 6.07) is 1.81. The highest BCUT2D eigenvalue weighted by molar-refractivity contribution is 5.69. The van der Waals surface area contributed by atoms with Crippen molar-refractivity contribution in [3.8, 4) is 0 Å². The standard InChI is InChI=1S/C9H12N2O3/c12-9(13)4-7-3-8(11-10-7)6-1-2-14-5-6/h3,6H,1-2,4-5H2,(H,10,11)(H,12,13). The van der Waals surface area contributed by atoms with Crippen LogP contribution in [-0.4, -0.2) is 34.5 Å². The molecule has 0 bridgehead atoms. The third-order valence-corrected chi connectivity index (χ3v) is 2.34. The number of aromatic nitrogens is 2. The number of aromatic amines is 1. The maximum atomic E-state index is 10.4. The molecule has 76 valence electrons. The Hall–Kier alpha value is -1.36. The van der Waals surface area contributed by atoms with E-state index in [1.165, 1.54) is 0 Å². The minimum atomic E-state index is -0.845. The first-order valence-corrected chi connectivity index (χ1v) is 4.59. The molecule has 1 aromatic rings. The molecule has 1 aliphatic heterocycles. The SMILES string of the molecule is O=C(O)Cc1cc(C2CCOC2)n[nH]1. The third kappa shape index (κ3) is 1.93. The molecule has 1 aromatic heterocycles. The van der Waals surface area contributed by atoms with Crippen LogP contribution >= 0.6 is 0 Å². The highest BCUT2D eigenvalue weighted by Gasteiger charge is 2.20. The van der Waals surface area contributed by atoms with Gasteiger partial charge < -0.3 is 9.84 Å². The lowest BCUT2D eigenvalue weighted by molar-refractivity contribution is -0.136. The molecule has 1 unspecified atom stereocenters. The Morgan fingerprint density at radius 2 is 2.64 bits per heavy atom. The number of carboxylic acids is 1. The maximum absolute atomic E-state index is 10.4. The fraction of sp³-hybridized carbons (Fsp3) is 0.556. The first-order chi connectivity index (χ1) is 6.75. The lowest BCUT2D eigenvalue weighted by Gasteiger charge is -1.99. The van der Waals surface area contributed by atoms with Crippen LogP contribution in [0.1, 0.15) is 23.7 Å². The molecule has 2 N–H and O–H groups in total. The number of carboxylic acid groups (broad SMARTS) is 1. The summed E-state index contributed by atoms with van der Waals surface area (Å²) >= 11 is 0. The van der Waals surface area contributed by atoms with E-state index in [4.69, 9.17) is 9.84 Å². The number of carbonyl (C=O) groups is 1. The van der Waals surface area contributed by atoms with E-state index in [-0.39, 0.29) is 6.42 Å². The smallest absolute Gasteiger partial charge is 0.309 e. The number of H-pyrrole nitrogens is 1. The molecule has 0 aromatic carbocycles. The Bertz CT molecular complexity index is 329. The molecule has 2 heterocycles. The zero-order chi connectivity index (χ0) is 9.97. The second-order valence-electron chi connectivity index (χ2n) is 3.45. The number of ether oxygens (including phenoxy) is 1. The first kappa shape index (κ1) is 9.21. The summed E-state index contributed by atoms with van der Waals surface area (Å²) in [5, 5.41) is 15.4. The van der Waals surface area contributed by atoms with Crippen LogP contribution in [0.5, 0.6) is 0 Å². The zero-order valence-corrected chi connectivity index (χ0v) is 7.69. The third-order valence-electron chi connectivity index (χ3n) is 2.34. The summed E-state index contributed by atoms with van der Waals surface area (Å²) in [6.45, 7) is 1.46. The van der Waals surface area contributed by atoms with Crippen molar-refractivity contribution in [2.24, 2.45) is 0 Å². The molecule has 0 aliphatic carbocycles. The van der Waals surface area contributed by atoms with Crippen LogP contribution in [0.4, 0.5) is 0 Å². The predicted octanol–water partition coefficient (Wildman–Crippen LogP) is 0.541. The highest BCUT2D eigenvalue weighted by Crippen LogP contribution is 2.23. The molecule has 14 heavy (non-hydrogen) atoms. The molecule has 0 amide bonds. The lowest BCUT2D eigenvalue weighted by atomic mass is 10.1. The van der Waals surface area contributed by atoms with Gasteiger partial charge in [-0.2, -0.15) is 5.10 Å². The topological polar surface area (TPSA) is 75.2 Å². The van der Waals surface area contributed by atoms with Crippen molar-refractivity contribution in [3.63, 3.8) is 0 Å². The molecule has 0 saturated carbocycles. The number of hydrogen-bond acceptors (Lipinski definition) is 3. The average Bonchev–Trinajstić information content (AvgIpc) is 2.69. The van der Waals surface area contributed by atoms with Gasteiger partial charge in [-0.3, -0.25) is 9.89 Å². The Morgan fingerprint density at radius 1 is 1.79 bits per heavy atom. The normalized spacial score (nSPS) is 21.3. The van der Waals surface area contributed by atoms with Crippen LogP contribution in [0.2, 0.25) is 0 Å². The van der Waals surface area contributed by atoms with E-state index in [0.717, 1.165) is 18.7 Å². The van der Waals surface area contributed by atoms with Gasteiger partial charge in [0, 0.05) is 18.2 Å². The summed E-state index contributed by atoms with van der Waals surface area (Å²) in [4.78, 5) is 10.4. The van der Waals surface area contributed by atoms with Crippen molar-refractivity contribution in [1.82, 2.24) is 10.2 Å². The molecular formula is C9H12N2O3. The van der Waals surface area contributed by atoms with Gasteiger partial charge in [0.1, 0.15) is 0 Å². The molecule has 5 heteroatoms. The summed E-state index contributed by atoms with van der Waals surface area (Å²) < 4.78 is 5.23. The summed E-state index contributed by atoms with van der Waals surface area (Å²) in [5.74, 6) is -0.517. The lowest BCUT2D eigenvalue weighted by Crippen LogP contribution is -2.00. The van der Waals surface area contributed by atoms with Gasteiger partial charge in [0.05, 0.1) is 18.7 Å². The number of nitrogens with one attached hydrogen (secondary N) is 1. The van der Waals surface area contributed by atoms with E-state index in [9.17, 15) is 4.79 Å². The van der Waals surface area contributed by atoms with Crippen LogP contribution in [-0.2, 0) is 16.0 Å². The average molecular weight is 196 g/mol. The number of hydrogen-bond donors (Lipinski definition) is 2. The fourth-order valence-corrected chi connectivity index (χ4v) is 1.61. The van der Waals surface area contributed by atoms with Gasteiger partial charge in [0.2, 0.25) is 0 Å². The van der Waals surface area contributed by atoms with Gasteiger partial charge in [-0.25, -0.2) is 0 Å². The van der Waals surface area contributed by atoms with E-state index in [1.54, 1.807) is 0 Å². The van der Waals surface area contributed by atoms with E-state index in [0.29, 0.717) is 18.2 Å². The van der Waals surface area contributed by atoms with Gasteiger partial charge in [-0.15, -0.1) is 0 Å². The van der Waals surface area contributed by atoms with Crippen molar-refractivity contribution in [2.45, 2.75) is 18.8 Å². The number of aliphatic carboxylic acids is 1. The fourth-order valence-electron chi connectivity index (χ4n) is 1.61. The minimum Gasteiger partial charge on any atom is -0.481 e. The maximum Gasteiger partial charge on any atom is 0.309 e. The molecule has 1 aliphatic rings. The number of rotatable bonds is 3. The van der Waals surface area contributed by atoms with Crippen LogP contribution < -0.4 is 0 Å². The molecule has 0 radical (unpaired) electrons. The van der Waals surface area contributed by atoms with Crippen LogP contribution in [0.25, 0.3) is 0 Å². The molecular weight excluding hydrogens is 184 g/mol. The van der Waals surface area contributed by atoms with E-state index in [1.807, 2.05) is 6.07 Å². The van der Waals surface area contributed by atoms with Gasteiger partial charge in [-0.05, 0) is 12.5 Å². The van der Waals surface area contributed by atoms with Crippen molar-refractivity contribution in [3.05, 3.63) is 17.5 Å². The molecule has 1 fully saturated rings. The summed E-state index contributed by atoms with van der Waals surface area (Å²) in [5.41, 5.74) is 1.57. The second-order valence-corrected chi connectivity index (χ2v) is 3.45. The van der Waals surface area contributed by atoms with Crippen LogP contribution in [0, 0.1) is 0 Å². The van der Waals surface area contributed by atoms with Crippen LogP contribution in [0.15, 0.2) is 6.07 Å². The summed E-state index contributed by atoms with van der Waals surface area (Å²) in [6.07, 6.45) is 0.970. The Morgan fingerprint density at radius 3 is 3.29 bits per heavy atom. The Kier molecular flexibility index (Phi) is 2.49. The summed E-state index contributed by atoms with van der Waals surface area (Å²) in [7, 11) is 0. The zero-order valence-electron chi connectivity index (χ0n) is 7.69. The molecule has 2 rings (SSSR count). The number of nitrogens with zero attached hydrogens (tertiary/aromatic N) is 1. The molecule has 1 saturated heterocycles. The quantitative estimate of drug-likeness (QED) is 0.739. The van der Waals surface area contributed by atoms with Gasteiger partial charge in [0.15, 0.2) is 0 Å². The minimum absolute atomic E-state index is 0.000573. The largest absolute Gasteiger partial charge is 0.481 e. The van der Waals surface area contributed by atoms with Crippen molar-refractivity contribution >= 4 is 5.97 Å². The Labute approximate surface area is 81.1 Å². The molecule has 1 atom stereocenters. The monoisotopic (exact) mass is 196 g/mol. The van der Waals surface area contributed by atoms with Crippen LogP contribution in [0.3, 0.4) is 0 Å². The second kappa shape index (κ2) is 3.79. The van der Waals surface area contributed by atoms with E-state index >= 15 is 0 Å². The molecule has 5 nitrogen and oxygen atoms in total. The van der Waals surface area contributed by atoms with E-state index < -0.39 is 5.97 Å². The van der Waals surface area contributed by atoms with Gasteiger partial charge in [-0.1, -0.05) is 0 Å². The molecule has 0 spiro atoms. The highest BCUT2D eigenvalue weighted by atomic mass is 16.5. The van der Waals surface area contributed by atoms with Crippen molar-refractivity contribution in [2.75, 3.05) is 13.2 Å². The van der Waals surface area contributed by atoms with Crippen molar-refractivity contribution in [1.29, 1.82) is 0 Å². The van der Waals surface area contributed by atoms with Gasteiger partial charge in [0.25, 0.3) is 0 Å². The first-order valence-electron chi connectivity index (χ1n) is 4.59. The Balaban J connectivity index is 2.05. The van der Waals surface area contributed by atoms with Gasteiger partial charge >= 0.3 is 5.97 Å². The van der Waals surface area contributed by atoms with Crippen molar-refractivity contribution < 1.29 is 14.6 Å². The van der Waals surface area contributed by atoms with E-state index in [2.05, 4.69) is 10.2 Å². The predicted molar refractivity (Wildman–Crippen MR) is 48.1 cm³/mol.